The van der Waals surface area contributed by atoms with E-state index in [4.69, 9.17) is 0 Å². The SMILES string of the molecule is CC(O)C1CN(C)c2ccc(C(F)(F)F)cc21. The molecule has 0 fully saturated rings. The van der Waals surface area contributed by atoms with Crippen molar-refractivity contribution in [1.29, 1.82) is 0 Å². The molecule has 2 unspecified atom stereocenters. The third-order valence-corrected chi connectivity index (χ3v) is 3.22. The molecule has 1 aliphatic rings. The van der Waals surface area contributed by atoms with E-state index in [0.29, 0.717) is 12.1 Å². The fraction of sp³-hybridized carbons (Fsp3) is 0.500. The molecule has 0 spiro atoms. The van der Waals surface area contributed by atoms with Crippen molar-refractivity contribution in [3.05, 3.63) is 29.3 Å². The lowest BCUT2D eigenvalue weighted by Gasteiger charge is -2.15. The lowest BCUT2D eigenvalue weighted by atomic mass is 9.95. The van der Waals surface area contributed by atoms with Crippen molar-refractivity contribution in [2.75, 3.05) is 18.5 Å². The van der Waals surface area contributed by atoms with Gasteiger partial charge in [-0.1, -0.05) is 0 Å². The number of alkyl halides is 3. The van der Waals surface area contributed by atoms with Gasteiger partial charge in [-0.3, -0.25) is 0 Å². The Morgan fingerprint density at radius 3 is 2.59 bits per heavy atom. The number of fused-ring (bicyclic) bond motifs is 1. The molecule has 1 N–H and O–H groups in total. The van der Waals surface area contributed by atoms with Crippen molar-refractivity contribution in [3.8, 4) is 0 Å². The van der Waals surface area contributed by atoms with E-state index in [1.54, 1.807) is 6.92 Å². The summed E-state index contributed by atoms with van der Waals surface area (Å²) in [5, 5.41) is 9.60. The van der Waals surface area contributed by atoms with E-state index < -0.39 is 17.8 Å². The number of aliphatic hydroxyl groups excluding tert-OH is 1. The Balaban J connectivity index is 2.47. The largest absolute Gasteiger partial charge is 0.416 e. The molecule has 2 atom stereocenters. The summed E-state index contributed by atoms with van der Waals surface area (Å²) in [5.41, 5.74) is 0.693. The molecule has 1 aromatic carbocycles. The van der Waals surface area contributed by atoms with E-state index in [1.807, 2.05) is 11.9 Å². The second kappa shape index (κ2) is 3.91. The number of nitrogens with zero attached hydrogens (tertiary/aromatic N) is 1. The summed E-state index contributed by atoms with van der Waals surface area (Å²) in [7, 11) is 1.81. The van der Waals surface area contributed by atoms with Gasteiger partial charge >= 0.3 is 6.18 Å². The molecule has 17 heavy (non-hydrogen) atoms. The Kier molecular flexibility index (Phi) is 2.81. The Morgan fingerprint density at radius 2 is 2.06 bits per heavy atom. The first-order valence-electron chi connectivity index (χ1n) is 5.41. The summed E-state index contributed by atoms with van der Waals surface area (Å²) in [6, 6.07) is 3.70. The Morgan fingerprint density at radius 1 is 1.41 bits per heavy atom. The second-order valence-corrected chi connectivity index (χ2v) is 4.50. The molecule has 2 nitrogen and oxygen atoms in total. The van der Waals surface area contributed by atoms with Gasteiger partial charge in [-0.2, -0.15) is 13.2 Å². The van der Waals surface area contributed by atoms with Gasteiger partial charge in [0.05, 0.1) is 11.7 Å². The van der Waals surface area contributed by atoms with Crippen molar-refractivity contribution in [1.82, 2.24) is 0 Å². The molecular weight excluding hydrogens is 231 g/mol. The van der Waals surface area contributed by atoms with Gasteiger partial charge in [-0.15, -0.1) is 0 Å². The summed E-state index contributed by atoms with van der Waals surface area (Å²) >= 11 is 0. The van der Waals surface area contributed by atoms with Crippen LogP contribution in [0.5, 0.6) is 0 Å². The van der Waals surface area contributed by atoms with E-state index in [2.05, 4.69) is 0 Å². The van der Waals surface area contributed by atoms with E-state index in [-0.39, 0.29) is 5.92 Å². The minimum atomic E-state index is -4.33. The molecule has 1 aromatic rings. The number of aliphatic hydroxyl groups is 1. The molecule has 1 heterocycles. The zero-order valence-electron chi connectivity index (χ0n) is 9.62. The molecule has 0 bridgehead atoms. The summed E-state index contributed by atoms with van der Waals surface area (Å²) in [4.78, 5) is 1.87. The number of benzene rings is 1. The first kappa shape index (κ1) is 12.2. The van der Waals surface area contributed by atoms with Gasteiger partial charge in [-0.25, -0.2) is 0 Å². The maximum Gasteiger partial charge on any atom is 0.416 e. The molecule has 0 radical (unpaired) electrons. The van der Waals surface area contributed by atoms with E-state index in [9.17, 15) is 18.3 Å². The Bertz CT molecular complexity index is 428. The molecule has 0 saturated heterocycles. The fourth-order valence-corrected chi connectivity index (χ4v) is 2.28. The van der Waals surface area contributed by atoms with Crippen LogP contribution in [-0.4, -0.2) is 24.8 Å². The minimum absolute atomic E-state index is 0.253. The van der Waals surface area contributed by atoms with Gasteiger partial charge in [0, 0.05) is 25.2 Å². The number of halogens is 3. The molecule has 0 aliphatic carbocycles. The van der Waals surface area contributed by atoms with E-state index in [0.717, 1.165) is 17.8 Å². The van der Waals surface area contributed by atoms with Crippen LogP contribution >= 0.6 is 0 Å². The maximum absolute atomic E-state index is 12.6. The molecule has 94 valence electrons. The van der Waals surface area contributed by atoms with Gasteiger partial charge in [-0.05, 0) is 30.7 Å². The van der Waals surface area contributed by atoms with Crippen LogP contribution in [0, 0.1) is 0 Å². The summed E-state index contributed by atoms with van der Waals surface area (Å²) in [6.45, 7) is 2.15. The van der Waals surface area contributed by atoms with Crippen molar-refractivity contribution in [2.45, 2.75) is 25.1 Å². The van der Waals surface area contributed by atoms with Crippen LogP contribution < -0.4 is 4.90 Å². The van der Waals surface area contributed by atoms with Crippen molar-refractivity contribution >= 4 is 5.69 Å². The number of anilines is 1. The highest BCUT2D eigenvalue weighted by Crippen LogP contribution is 2.40. The third kappa shape index (κ3) is 2.11. The first-order valence-corrected chi connectivity index (χ1v) is 5.41. The third-order valence-electron chi connectivity index (χ3n) is 3.22. The summed E-state index contributed by atoms with van der Waals surface area (Å²) < 4.78 is 37.8. The predicted molar refractivity (Wildman–Crippen MR) is 59.1 cm³/mol. The molecule has 0 aromatic heterocycles. The monoisotopic (exact) mass is 245 g/mol. The lowest BCUT2D eigenvalue weighted by Crippen LogP contribution is -2.21. The Labute approximate surface area is 97.7 Å². The molecule has 0 amide bonds. The number of likely N-dealkylation sites (N-methyl/N-ethyl adjacent to an activating group) is 1. The highest BCUT2D eigenvalue weighted by atomic mass is 19.4. The van der Waals surface area contributed by atoms with Gasteiger partial charge in [0.25, 0.3) is 0 Å². The quantitative estimate of drug-likeness (QED) is 0.822. The Hall–Kier alpha value is -1.23. The zero-order valence-corrected chi connectivity index (χ0v) is 9.62. The van der Waals surface area contributed by atoms with Crippen LogP contribution in [0.3, 0.4) is 0 Å². The number of hydrogen-bond donors (Lipinski definition) is 1. The molecule has 0 saturated carbocycles. The van der Waals surface area contributed by atoms with Crippen molar-refractivity contribution in [2.24, 2.45) is 0 Å². The molecule has 5 heteroatoms. The average Bonchev–Trinajstić information content (AvgIpc) is 2.54. The van der Waals surface area contributed by atoms with Crippen LogP contribution in [0.2, 0.25) is 0 Å². The highest BCUT2D eigenvalue weighted by molar-refractivity contribution is 5.61. The predicted octanol–water partition coefficient (Wildman–Crippen LogP) is 2.62. The smallest absolute Gasteiger partial charge is 0.393 e. The van der Waals surface area contributed by atoms with Gasteiger partial charge in [0.2, 0.25) is 0 Å². The van der Waals surface area contributed by atoms with Crippen LogP contribution in [-0.2, 0) is 6.18 Å². The number of hydrogen-bond acceptors (Lipinski definition) is 2. The summed E-state index contributed by atoms with van der Waals surface area (Å²) in [6.07, 6.45) is -4.98. The summed E-state index contributed by atoms with van der Waals surface area (Å²) in [5.74, 6) is -0.253. The van der Waals surface area contributed by atoms with Crippen LogP contribution in [0.25, 0.3) is 0 Å². The average molecular weight is 245 g/mol. The number of rotatable bonds is 1. The standard InChI is InChI=1S/C12H14F3NO/c1-7(17)10-6-16(2)11-4-3-8(5-9(10)11)12(13,14)15/h3-5,7,10,17H,6H2,1-2H3. The van der Waals surface area contributed by atoms with Gasteiger partial charge in [0.15, 0.2) is 0 Å². The van der Waals surface area contributed by atoms with Crippen LogP contribution in [0.1, 0.15) is 24.0 Å². The van der Waals surface area contributed by atoms with Gasteiger partial charge in [0.1, 0.15) is 0 Å². The lowest BCUT2D eigenvalue weighted by molar-refractivity contribution is -0.137. The van der Waals surface area contributed by atoms with Crippen molar-refractivity contribution in [3.63, 3.8) is 0 Å². The highest BCUT2D eigenvalue weighted by Gasteiger charge is 2.35. The molecule has 1 aliphatic heterocycles. The maximum atomic E-state index is 12.6. The minimum Gasteiger partial charge on any atom is -0.393 e. The topological polar surface area (TPSA) is 23.5 Å². The van der Waals surface area contributed by atoms with E-state index in [1.165, 1.54) is 6.07 Å². The van der Waals surface area contributed by atoms with Crippen LogP contribution in [0.15, 0.2) is 18.2 Å². The fourth-order valence-electron chi connectivity index (χ4n) is 2.28. The van der Waals surface area contributed by atoms with Crippen molar-refractivity contribution < 1.29 is 18.3 Å². The molecular formula is C12H14F3NO. The van der Waals surface area contributed by atoms with Gasteiger partial charge < -0.3 is 10.0 Å². The van der Waals surface area contributed by atoms with E-state index >= 15 is 0 Å². The molecule has 2 rings (SSSR count). The normalized spacial score (nSPS) is 21.5. The zero-order chi connectivity index (χ0) is 12.8. The second-order valence-electron chi connectivity index (χ2n) is 4.50. The first-order chi connectivity index (χ1) is 7.80. The van der Waals surface area contributed by atoms with Crippen LogP contribution in [0.4, 0.5) is 18.9 Å².